The lowest BCUT2D eigenvalue weighted by Gasteiger charge is -2.22. The minimum absolute atomic E-state index is 0.117. The fraction of sp³-hybridized carbons (Fsp3) is 0.238. The Labute approximate surface area is 153 Å². The molecule has 0 spiro atoms. The van der Waals surface area contributed by atoms with Crippen LogP contribution in [0.15, 0.2) is 54.6 Å². The monoisotopic (exact) mass is 347 g/mol. The van der Waals surface area contributed by atoms with Gasteiger partial charge < -0.3 is 16.0 Å². The van der Waals surface area contributed by atoms with Crippen molar-refractivity contribution in [2.45, 2.75) is 25.4 Å². The molecule has 26 heavy (non-hydrogen) atoms. The van der Waals surface area contributed by atoms with Crippen molar-refractivity contribution in [3.05, 3.63) is 71.3 Å². The van der Waals surface area contributed by atoms with Crippen LogP contribution < -0.4 is 11.1 Å². The molecule has 5 heteroatoms. The summed E-state index contributed by atoms with van der Waals surface area (Å²) in [5.41, 5.74) is 7.61. The van der Waals surface area contributed by atoms with E-state index in [0.29, 0.717) is 18.7 Å². The molecule has 0 heterocycles. The summed E-state index contributed by atoms with van der Waals surface area (Å²) in [5, 5.41) is 2.86. The van der Waals surface area contributed by atoms with E-state index in [1.54, 1.807) is 12.1 Å². The number of benzene rings is 2. The third kappa shape index (κ3) is 4.87. The maximum Gasteiger partial charge on any atom is 0.318 e. The third-order valence-corrected chi connectivity index (χ3v) is 4.17. The molecule has 0 bridgehead atoms. The molecule has 1 fully saturated rings. The number of amides is 3. The molecule has 1 aliphatic carbocycles. The van der Waals surface area contributed by atoms with E-state index < -0.39 is 5.91 Å². The van der Waals surface area contributed by atoms with Crippen molar-refractivity contribution in [2.24, 2.45) is 5.73 Å². The lowest BCUT2D eigenvalue weighted by Crippen LogP contribution is -2.41. The van der Waals surface area contributed by atoms with E-state index in [9.17, 15) is 9.59 Å². The highest BCUT2D eigenvalue weighted by Gasteiger charge is 2.32. The zero-order valence-electron chi connectivity index (χ0n) is 14.4. The van der Waals surface area contributed by atoms with Gasteiger partial charge in [0.25, 0.3) is 0 Å². The second-order valence-corrected chi connectivity index (χ2v) is 6.25. The molecule has 1 aliphatic rings. The maximum atomic E-state index is 12.5. The Balaban J connectivity index is 1.56. The van der Waals surface area contributed by atoms with Gasteiger partial charge in [0.15, 0.2) is 0 Å². The number of nitrogens with one attached hydrogen (secondary N) is 1. The normalized spacial score (nSPS) is 12.6. The van der Waals surface area contributed by atoms with Crippen LogP contribution in [-0.4, -0.2) is 29.4 Å². The van der Waals surface area contributed by atoms with Crippen LogP contribution >= 0.6 is 0 Å². The van der Waals surface area contributed by atoms with Gasteiger partial charge in [0, 0.05) is 23.7 Å². The molecule has 2 aromatic carbocycles. The van der Waals surface area contributed by atoms with Crippen LogP contribution in [-0.2, 0) is 6.54 Å². The molecular formula is C21H21N3O2. The quantitative estimate of drug-likeness (QED) is 0.816. The second-order valence-electron chi connectivity index (χ2n) is 6.25. The molecule has 0 aromatic heterocycles. The van der Waals surface area contributed by atoms with Crippen LogP contribution in [0.4, 0.5) is 4.79 Å². The van der Waals surface area contributed by atoms with Gasteiger partial charge in [-0.05, 0) is 42.7 Å². The van der Waals surface area contributed by atoms with E-state index in [1.165, 1.54) is 0 Å². The average Bonchev–Trinajstić information content (AvgIpc) is 3.49. The molecule has 132 valence electrons. The number of nitrogens with zero attached hydrogens (tertiary/aromatic N) is 1. The van der Waals surface area contributed by atoms with Crippen LogP contribution in [0.5, 0.6) is 0 Å². The predicted octanol–water partition coefficient (Wildman–Crippen LogP) is 2.51. The van der Waals surface area contributed by atoms with Gasteiger partial charge >= 0.3 is 6.03 Å². The molecule has 3 N–H and O–H groups in total. The summed E-state index contributed by atoms with van der Waals surface area (Å²) in [6, 6.07) is 16.9. The first-order valence-electron chi connectivity index (χ1n) is 8.60. The van der Waals surface area contributed by atoms with Gasteiger partial charge in [-0.15, -0.1) is 0 Å². The fourth-order valence-corrected chi connectivity index (χ4v) is 2.61. The van der Waals surface area contributed by atoms with Gasteiger partial charge in [0.05, 0.1) is 6.54 Å². The average molecular weight is 347 g/mol. The van der Waals surface area contributed by atoms with Gasteiger partial charge in [0.1, 0.15) is 0 Å². The SMILES string of the molecule is NC(=O)c1ccc(CN(C(=O)NCC#Cc2ccccc2)C2CC2)cc1. The van der Waals surface area contributed by atoms with Crippen molar-refractivity contribution in [1.29, 1.82) is 0 Å². The van der Waals surface area contributed by atoms with Crippen molar-refractivity contribution in [3.63, 3.8) is 0 Å². The first-order chi connectivity index (χ1) is 12.6. The van der Waals surface area contributed by atoms with Crippen LogP contribution in [0.3, 0.4) is 0 Å². The number of carbonyl (C=O) groups excluding carboxylic acids is 2. The van der Waals surface area contributed by atoms with E-state index >= 15 is 0 Å². The topological polar surface area (TPSA) is 75.4 Å². The number of carbonyl (C=O) groups is 2. The minimum atomic E-state index is -0.453. The minimum Gasteiger partial charge on any atom is -0.366 e. The Bertz CT molecular complexity index is 831. The van der Waals surface area contributed by atoms with Gasteiger partial charge in [0.2, 0.25) is 5.91 Å². The summed E-state index contributed by atoms with van der Waals surface area (Å²) < 4.78 is 0. The Morgan fingerprint density at radius 2 is 1.77 bits per heavy atom. The molecule has 0 aliphatic heterocycles. The van der Waals surface area contributed by atoms with Crippen molar-refractivity contribution in [3.8, 4) is 11.8 Å². The van der Waals surface area contributed by atoms with E-state index in [0.717, 1.165) is 24.0 Å². The highest BCUT2D eigenvalue weighted by molar-refractivity contribution is 5.92. The van der Waals surface area contributed by atoms with Gasteiger partial charge in [-0.1, -0.05) is 42.2 Å². The molecule has 3 rings (SSSR count). The molecule has 1 saturated carbocycles. The van der Waals surface area contributed by atoms with E-state index in [-0.39, 0.29) is 12.1 Å². The van der Waals surface area contributed by atoms with Gasteiger partial charge in [-0.2, -0.15) is 0 Å². The second kappa shape index (κ2) is 8.21. The zero-order chi connectivity index (χ0) is 18.4. The highest BCUT2D eigenvalue weighted by Crippen LogP contribution is 2.28. The molecule has 0 unspecified atom stereocenters. The summed E-state index contributed by atoms with van der Waals surface area (Å²) in [4.78, 5) is 25.5. The lowest BCUT2D eigenvalue weighted by molar-refractivity contribution is 0.1000. The van der Waals surface area contributed by atoms with Crippen molar-refractivity contribution in [2.75, 3.05) is 6.54 Å². The van der Waals surface area contributed by atoms with E-state index in [4.69, 9.17) is 5.73 Å². The van der Waals surface area contributed by atoms with E-state index in [2.05, 4.69) is 17.2 Å². The van der Waals surface area contributed by atoms with Gasteiger partial charge in [-0.25, -0.2) is 4.79 Å². The van der Waals surface area contributed by atoms with Crippen molar-refractivity contribution < 1.29 is 9.59 Å². The molecule has 0 saturated heterocycles. The Kier molecular flexibility index (Phi) is 5.55. The van der Waals surface area contributed by atoms with Crippen LogP contribution in [0.25, 0.3) is 0 Å². The lowest BCUT2D eigenvalue weighted by atomic mass is 10.1. The molecular weight excluding hydrogens is 326 g/mol. The summed E-state index contributed by atoms with van der Waals surface area (Å²) in [6.45, 7) is 0.805. The predicted molar refractivity (Wildman–Crippen MR) is 100 cm³/mol. The van der Waals surface area contributed by atoms with E-state index in [1.807, 2.05) is 47.4 Å². The van der Waals surface area contributed by atoms with Crippen LogP contribution in [0.2, 0.25) is 0 Å². The van der Waals surface area contributed by atoms with Crippen LogP contribution in [0, 0.1) is 11.8 Å². The number of hydrogen-bond acceptors (Lipinski definition) is 2. The third-order valence-electron chi connectivity index (χ3n) is 4.17. The summed E-state index contributed by atoms with van der Waals surface area (Å²) >= 11 is 0. The summed E-state index contributed by atoms with van der Waals surface area (Å²) in [5.74, 6) is 5.54. The number of urea groups is 1. The van der Waals surface area contributed by atoms with Crippen molar-refractivity contribution in [1.82, 2.24) is 10.2 Å². The zero-order valence-corrected chi connectivity index (χ0v) is 14.4. The molecule has 3 amide bonds. The Morgan fingerprint density at radius 1 is 1.08 bits per heavy atom. The first-order valence-corrected chi connectivity index (χ1v) is 8.60. The number of hydrogen-bond donors (Lipinski definition) is 2. The van der Waals surface area contributed by atoms with Crippen molar-refractivity contribution >= 4 is 11.9 Å². The Hall–Kier alpha value is -3.26. The molecule has 5 nitrogen and oxygen atoms in total. The van der Waals surface area contributed by atoms with Crippen LogP contribution in [0.1, 0.15) is 34.3 Å². The highest BCUT2D eigenvalue weighted by atomic mass is 16.2. The number of nitrogens with two attached hydrogens (primary N) is 1. The summed E-state index contributed by atoms with van der Waals surface area (Å²) in [7, 11) is 0. The number of primary amides is 1. The standard InChI is InChI=1S/C21H21N3O2/c22-20(25)18-10-8-17(9-11-18)15-24(19-12-13-19)21(26)23-14-4-7-16-5-2-1-3-6-16/h1-3,5-6,8-11,19H,12-15H2,(H2,22,25)(H,23,26). The fourth-order valence-electron chi connectivity index (χ4n) is 2.61. The molecule has 0 atom stereocenters. The molecule has 2 aromatic rings. The largest absolute Gasteiger partial charge is 0.366 e. The number of rotatable bonds is 5. The smallest absolute Gasteiger partial charge is 0.318 e. The Morgan fingerprint density at radius 3 is 2.38 bits per heavy atom. The first kappa shape index (κ1) is 17.6. The summed E-state index contributed by atoms with van der Waals surface area (Å²) in [6.07, 6.45) is 2.03. The molecule has 0 radical (unpaired) electrons. The van der Waals surface area contributed by atoms with Gasteiger partial charge in [-0.3, -0.25) is 4.79 Å². The maximum absolute atomic E-state index is 12.5.